The van der Waals surface area contributed by atoms with Gasteiger partial charge in [-0.15, -0.1) is 24.2 Å². The van der Waals surface area contributed by atoms with Crippen LogP contribution in [0.15, 0.2) is 29.2 Å². The van der Waals surface area contributed by atoms with Crippen LogP contribution in [0, 0.1) is 5.82 Å². The number of thioether (sulfide) groups is 1. The Morgan fingerprint density at radius 1 is 1.50 bits per heavy atom. The SMILES string of the molecule is C[C@@H]1CNCCN1C(=O)CCSc1ccccc1F.Cl. The zero-order valence-electron chi connectivity index (χ0n) is 11.5. The second kappa shape index (κ2) is 8.49. The molecule has 1 N–H and O–H groups in total. The van der Waals surface area contributed by atoms with E-state index in [9.17, 15) is 9.18 Å². The van der Waals surface area contributed by atoms with E-state index >= 15 is 0 Å². The van der Waals surface area contributed by atoms with Gasteiger partial charge in [0.05, 0.1) is 0 Å². The number of nitrogens with one attached hydrogen (secondary N) is 1. The van der Waals surface area contributed by atoms with Crippen molar-refractivity contribution in [2.24, 2.45) is 0 Å². The molecule has 0 saturated carbocycles. The lowest BCUT2D eigenvalue weighted by Gasteiger charge is -2.34. The molecule has 1 saturated heterocycles. The smallest absolute Gasteiger partial charge is 0.223 e. The molecule has 1 amide bonds. The molecule has 1 aliphatic heterocycles. The molecule has 0 radical (unpaired) electrons. The summed E-state index contributed by atoms with van der Waals surface area (Å²) >= 11 is 1.40. The Hall–Kier alpha value is -0.780. The maximum Gasteiger partial charge on any atom is 0.223 e. The minimum absolute atomic E-state index is 0. The maximum absolute atomic E-state index is 13.4. The predicted molar refractivity (Wildman–Crippen MR) is 83.0 cm³/mol. The summed E-state index contributed by atoms with van der Waals surface area (Å²) in [5, 5.41) is 3.26. The van der Waals surface area contributed by atoms with E-state index in [0.717, 1.165) is 19.6 Å². The number of hydrogen-bond acceptors (Lipinski definition) is 3. The fraction of sp³-hybridized carbons (Fsp3) is 0.500. The maximum atomic E-state index is 13.4. The van der Waals surface area contributed by atoms with Gasteiger partial charge >= 0.3 is 0 Å². The lowest BCUT2D eigenvalue weighted by Crippen LogP contribution is -2.52. The predicted octanol–water partition coefficient (Wildman–Crippen LogP) is 2.55. The Kier molecular flexibility index (Phi) is 7.34. The molecule has 1 fully saturated rings. The molecule has 0 bridgehead atoms. The quantitative estimate of drug-likeness (QED) is 0.866. The highest BCUT2D eigenvalue weighted by Gasteiger charge is 2.22. The standard InChI is InChI=1S/C14H19FN2OS.ClH/c1-11-10-16-7-8-17(11)14(18)6-9-19-13-5-3-2-4-12(13)15;/h2-5,11,16H,6-10H2,1H3;1H/t11-;/m1./s1. The third-order valence-corrected chi connectivity index (χ3v) is 4.28. The topological polar surface area (TPSA) is 32.3 Å². The number of nitrogens with zero attached hydrogens (tertiary/aromatic N) is 1. The first-order valence-corrected chi connectivity index (χ1v) is 7.54. The molecule has 112 valence electrons. The van der Waals surface area contributed by atoms with Gasteiger partial charge in [0.1, 0.15) is 5.82 Å². The van der Waals surface area contributed by atoms with Crippen LogP contribution < -0.4 is 5.32 Å². The van der Waals surface area contributed by atoms with Crippen molar-refractivity contribution in [3.8, 4) is 0 Å². The Labute approximate surface area is 129 Å². The van der Waals surface area contributed by atoms with E-state index in [1.165, 1.54) is 17.8 Å². The molecule has 0 aliphatic carbocycles. The minimum atomic E-state index is -0.213. The first-order chi connectivity index (χ1) is 9.18. The molecule has 0 unspecified atom stereocenters. The summed E-state index contributed by atoms with van der Waals surface area (Å²) < 4.78 is 13.4. The van der Waals surface area contributed by atoms with Crippen LogP contribution in [0.5, 0.6) is 0 Å². The molecular weight excluding hydrogens is 299 g/mol. The molecule has 0 aromatic heterocycles. The van der Waals surface area contributed by atoms with Gasteiger partial charge in [-0.2, -0.15) is 0 Å². The largest absolute Gasteiger partial charge is 0.337 e. The minimum Gasteiger partial charge on any atom is -0.337 e. The molecule has 1 atom stereocenters. The summed E-state index contributed by atoms with van der Waals surface area (Å²) in [6.45, 7) is 4.53. The molecule has 0 spiro atoms. The van der Waals surface area contributed by atoms with E-state index in [1.54, 1.807) is 12.1 Å². The van der Waals surface area contributed by atoms with Crippen LogP contribution in [-0.4, -0.2) is 42.2 Å². The van der Waals surface area contributed by atoms with Gasteiger partial charge in [0.2, 0.25) is 5.91 Å². The van der Waals surface area contributed by atoms with Gasteiger partial charge in [-0.05, 0) is 19.1 Å². The van der Waals surface area contributed by atoms with E-state index in [2.05, 4.69) is 5.32 Å². The van der Waals surface area contributed by atoms with Gasteiger partial charge < -0.3 is 10.2 Å². The highest BCUT2D eigenvalue weighted by Crippen LogP contribution is 2.22. The van der Waals surface area contributed by atoms with Crippen LogP contribution >= 0.6 is 24.2 Å². The number of hydrogen-bond donors (Lipinski definition) is 1. The Morgan fingerprint density at radius 2 is 2.25 bits per heavy atom. The zero-order chi connectivity index (χ0) is 13.7. The molecule has 3 nitrogen and oxygen atoms in total. The van der Waals surface area contributed by atoms with Gasteiger partial charge in [-0.1, -0.05) is 12.1 Å². The monoisotopic (exact) mass is 318 g/mol. The van der Waals surface area contributed by atoms with Crippen LogP contribution in [0.25, 0.3) is 0 Å². The number of carbonyl (C=O) groups is 1. The van der Waals surface area contributed by atoms with Crippen molar-refractivity contribution in [1.82, 2.24) is 10.2 Å². The summed E-state index contributed by atoms with van der Waals surface area (Å²) in [6.07, 6.45) is 0.462. The van der Waals surface area contributed by atoms with Gasteiger partial charge in [0, 0.05) is 42.7 Å². The summed E-state index contributed by atoms with van der Waals surface area (Å²) in [6, 6.07) is 6.93. The van der Waals surface area contributed by atoms with E-state index < -0.39 is 0 Å². The second-order valence-corrected chi connectivity index (χ2v) is 5.81. The second-order valence-electron chi connectivity index (χ2n) is 4.67. The van der Waals surface area contributed by atoms with Crippen molar-refractivity contribution in [1.29, 1.82) is 0 Å². The molecule has 1 aromatic carbocycles. The Bertz CT molecular complexity index is 447. The average Bonchev–Trinajstić information content (AvgIpc) is 2.41. The summed E-state index contributed by atoms with van der Waals surface area (Å²) in [5.74, 6) is 0.574. The molecular formula is C14H20ClFN2OS. The Balaban J connectivity index is 0.00000200. The third kappa shape index (κ3) is 4.65. The summed E-state index contributed by atoms with van der Waals surface area (Å²) in [7, 11) is 0. The number of benzene rings is 1. The molecule has 2 rings (SSSR count). The number of rotatable bonds is 4. The Morgan fingerprint density at radius 3 is 2.95 bits per heavy atom. The number of amides is 1. The van der Waals surface area contributed by atoms with Crippen molar-refractivity contribution in [2.75, 3.05) is 25.4 Å². The summed E-state index contributed by atoms with van der Waals surface area (Å²) in [5.41, 5.74) is 0. The molecule has 1 heterocycles. The lowest BCUT2D eigenvalue weighted by atomic mass is 10.2. The van der Waals surface area contributed by atoms with Gasteiger partial charge in [-0.25, -0.2) is 4.39 Å². The van der Waals surface area contributed by atoms with Crippen LogP contribution in [0.1, 0.15) is 13.3 Å². The van der Waals surface area contributed by atoms with Crippen LogP contribution in [0.3, 0.4) is 0 Å². The normalized spacial score (nSPS) is 18.5. The summed E-state index contributed by atoms with van der Waals surface area (Å²) in [4.78, 5) is 14.6. The van der Waals surface area contributed by atoms with Crippen molar-refractivity contribution in [3.63, 3.8) is 0 Å². The average molecular weight is 319 g/mol. The highest BCUT2D eigenvalue weighted by molar-refractivity contribution is 7.99. The van der Waals surface area contributed by atoms with E-state index in [-0.39, 0.29) is 30.2 Å². The molecule has 1 aliphatic rings. The molecule has 6 heteroatoms. The van der Waals surface area contributed by atoms with Crippen LogP contribution in [0.4, 0.5) is 4.39 Å². The van der Waals surface area contributed by atoms with Crippen molar-refractivity contribution < 1.29 is 9.18 Å². The van der Waals surface area contributed by atoms with Crippen molar-refractivity contribution in [2.45, 2.75) is 24.3 Å². The van der Waals surface area contributed by atoms with Gasteiger partial charge in [0.25, 0.3) is 0 Å². The van der Waals surface area contributed by atoms with E-state index in [1.807, 2.05) is 17.9 Å². The van der Waals surface area contributed by atoms with Gasteiger partial charge in [-0.3, -0.25) is 4.79 Å². The van der Waals surface area contributed by atoms with Gasteiger partial charge in [0.15, 0.2) is 0 Å². The van der Waals surface area contributed by atoms with E-state index in [4.69, 9.17) is 0 Å². The zero-order valence-corrected chi connectivity index (χ0v) is 13.1. The van der Waals surface area contributed by atoms with Crippen LogP contribution in [-0.2, 0) is 4.79 Å². The first-order valence-electron chi connectivity index (χ1n) is 6.56. The number of carbonyl (C=O) groups excluding carboxylic acids is 1. The first kappa shape index (κ1) is 17.3. The fourth-order valence-electron chi connectivity index (χ4n) is 2.17. The van der Waals surface area contributed by atoms with Crippen molar-refractivity contribution >= 4 is 30.1 Å². The fourth-order valence-corrected chi connectivity index (χ4v) is 3.04. The number of halogens is 2. The highest BCUT2D eigenvalue weighted by atomic mass is 35.5. The lowest BCUT2D eigenvalue weighted by molar-refractivity contribution is -0.133. The third-order valence-electron chi connectivity index (χ3n) is 3.23. The van der Waals surface area contributed by atoms with Crippen LogP contribution in [0.2, 0.25) is 0 Å². The number of piperazine rings is 1. The van der Waals surface area contributed by atoms with Crippen molar-refractivity contribution in [3.05, 3.63) is 30.1 Å². The molecule has 20 heavy (non-hydrogen) atoms. The molecule has 1 aromatic rings. The van der Waals surface area contributed by atoms with E-state index in [0.29, 0.717) is 17.1 Å².